The Morgan fingerprint density at radius 1 is 0.771 bits per heavy atom. The second kappa shape index (κ2) is 12.6. The van der Waals surface area contributed by atoms with E-state index in [4.69, 9.17) is 14.6 Å². The lowest BCUT2D eigenvalue weighted by Crippen LogP contribution is -2.37. The summed E-state index contributed by atoms with van der Waals surface area (Å²) in [6.07, 6.45) is 1.75. The lowest BCUT2D eigenvalue weighted by Gasteiger charge is -2.17. The Hall–Kier alpha value is -6.03. The van der Waals surface area contributed by atoms with Crippen LogP contribution >= 0.6 is 0 Å². The van der Waals surface area contributed by atoms with Gasteiger partial charge in [-0.15, -0.1) is 0 Å². The maximum Gasteiger partial charge on any atom is 0.246 e. The van der Waals surface area contributed by atoms with Crippen molar-refractivity contribution >= 4 is 29.0 Å². The molecule has 2 aromatic carbocycles. The van der Waals surface area contributed by atoms with Crippen molar-refractivity contribution < 1.29 is 50.4 Å². The van der Waals surface area contributed by atoms with Crippen LogP contribution in [-0.4, -0.2) is 58.1 Å². The summed E-state index contributed by atoms with van der Waals surface area (Å²) in [5.41, 5.74) is 4.18. The van der Waals surface area contributed by atoms with Crippen molar-refractivity contribution in [3.8, 4) is 22.9 Å². The number of carbonyl (C=O) groups excluding carboxylic acids is 5. The molecule has 4 aromatic rings. The summed E-state index contributed by atoms with van der Waals surface area (Å²) in [6, 6.07) is 3.84. The topological polar surface area (TPSA) is 187 Å². The Balaban J connectivity index is 1.00. The number of fused-ring (bicyclic) bond motifs is 2. The molecule has 0 fully saturated rings. The highest BCUT2D eigenvalue weighted by Gasteiger charge is 2.36. The van der Waals surface area contributed by atoms with Crippen LogP contribution < -0.4 is 16.4 Å². The molecule has 0 bridgehead atoms. The fraction of sp³-hybridized carbons (Fsp3) is 0.156. The number of rotatable bonds is 10. The van der Waals surface area contributed by atoms with Gasteiger partial charge in [0.25, 0.3) is 0 Å². The summed E-state index contributed by atoms with van der Waals surface area (Å²) >= 11 is 0. The van der Waals surface area contributed by atoms with Crippen molar-refractivity contribution in [3.63, 3.8) is 0 Å². The highest BCUT2D eigenvalue weighted by molar-refractivity contribution is 6.23. The summed E-state index contributed by atoms with van der Waals surface area (Å²) < 4.78 is 66.2. The molecular weight excluding hydrogens is 642 g/mol. The Kier molecular flexibility index (Phi) is 8.41. The number of Topliss-reactive ketones (excluding diaryl/α,β-unsaturated/α-hetero) is 2. The molecule has 0 aliphatic heterocycles. The van der Waals surface area contributed by atoms with Crippen molar-refractivity contribution in [3.05, 3.63) is 106 Å². The van der Waals surface area contributed by atoms with Gasteiger partial charge >= 0.3 is 0 Å². The van der Waals surface area contributed by atoms with Gasteiger partial charge in [0.15, 0.2) is 11.4 Å². The number of halogens is 4. The first-order valence-corrected chi connectivity index (χ1v) is 14.2. The van der Waals surface area contributed by atoms with Crippen molar-refractivity contribution in [1.29, 1.82) is 0 Å². The van der Waals surface area contributed by atoms with E-state index >= 15 is 0 Å². The number of amides is 1. The van der Waals surface area contributed by atoms with Gasteiger partial charge < -0.3 is 25.2 Å². The zero-order valence-corrected chi connectivity index (χ0v) is 24.4. The zero-order valence-electron chi connectivity index (χ0n) is 24.4. The molecule has 48 heavy (non-hydrogen) atoms. The Morgan fingerprint density at radius 3 is 1.90 bits per heavy atom. The number of carbonyl (C=O) groups is 5. The fourth-order valence-corrected chi connectivity index (χ4v) is 4.96. The van der Waals surface area contributed by atoms with E-state index in [1.807, 2.05) is 0 Å². The smallest absolute Gasteiger partial charge is 0.246 e. The molecule has 244 valence electrons. The van der Waals surface area contributed by atoms with Crippen LogP contribution in [0, 0.1) is 23.3 Å². The van der Waals surface area contributed by atoms with E-state index in [9.17, 15) is 41.5 Å². The normalized spacial score (nSPS) is 14.7. The number of ketones is 4. The average Bonchev–Trinajstić information content (AvgIpc) is 3.70. The summed E-state index contributed by atoms with van der Waals surface area (Å²) in [7, 11) is 0. The Bertz CT molecular complexity index is 2120. The lowest BCUT2D eigenvalue weighted by atomic mass is 9.91. The third kappa shape index (κ3) is 6.07. The first-order valence-electron chi connectivity index (χ1n) is 14.2. The molecule has 1 unspecified atom stereocenters. The SMILES string of the molecule is NC(CC(=O)NCCCNC1=CC(=O)c2nc(-c3cc(F)ccc3F)oc2C1=O)C1=CC(=O)c2nc(-c3cc(F)ccc3F)oc2C1=O. The number of aromatic nitrogens is 2. The summed E-state index contributed by atoms with van der Waals surface area (Å²) in [6.45, 7) is 0.179. The third-order valence-corrected chi connectivity index (χ3v) is 7.32. The van der Waals surface area contributed by atoms with E-state index in [1.165, 1.54) is 0 Å². The zero-order chi connectivity index (χ0) is 34.3. The minimum absolute atomic E-state index is 0.0747. The van der Waals surface area contributed by atoms with Gasteiger partial charge in [0.2, 0.25) is 52.3 Å². The van der Waals surface area contributed by atoms with Gasteiger partial charge in [-0.25, -0.2) is 27.5 Å². The second-order valence-electron chi connectivity index (χ2n) is 10.6. The first kappa shape index (κ1) is 31.9. The molecule has 1 atom stereocenters. The van der Waals surface area contributed by atoms with Crippen molar-refractivity contribution in [2.45, 2.75) is 18.9 Å². The molecule has 0 saturated heterocycles. The maximum absolute atomic E-state index is 14.2. The summed E-state index contributed by atoms with van der Waals surface area (Å²) in [5, 5.41) is 5.34. The minimum atomic E-state index is -1.23. The molecule has 2 heterocycles. The number of benzene rings is 2. The molecule has 2 aromatic heterocycles. The van der Waals surface area contributed by atoms with Crippen LogP contribution in [0.4, 0.5) is 17.6 Å². The van der Waals surface area contributed by atoms with Gasteiger partial charge in [0.1, 0.15) is 23.3 Å². The van der Waals surface area contributed by atoms with Gasteiger partial charge in [0, 0.05) is 37.2 Å². The highest BCUT2D eigenvalue weighted by atomic mass is 19.1. The second-order valence-corrected chi connectivity index (χ2v) is 10.6. The van der Waals surface area contributed by atoms with Gasteiger partial charge in [-0.05, 0) is 48.9 Å². The number of nitrogens with zero attached hydrogens (tertiary/aromatic N) is 2. The van der Waals surface area contributed by atoms with E-state index in [-0.39, 0.29) is 42.0 Å². The van der Waals surface area contributed by atoms with Gasteiger partial charge in [-0.3, -0.25) is 24.0 Å². The Morgan fingerprint density at radius 2 is 1.31 bits per heavy atom. The number of nitrogens with two attached hydrogens (primary N) is 1. The van der Waals surface area contributed by atoms with Crippen LogP contribution in [0.5, 0.6) is 0 Å². The molecule has 16 heteroatoms. The molecule has 2 aliphatic rings. The minimum Gasteiger partial charge on any atom is -0.432 e. The molecule has 6 rings (SSSR count). The van der Waals surface area contributed by atoms with Crippen LogP contribution in [0.3, 0.4) is 0 Å². The van der Waals surface area contributed by atoms with Gasteiger partial charge in [0.05, 0.1) is 16.8 Å². The molecule has 1 amide bonds. The van der Waals surface area contributed by atoms with Crippen LogP contribution in [0.15, 0.2) is 68.7 Å². The van der Waals surface area contributed by atoms with E-state index in [0.29, 0.717) is 0 Å². The molecule has 2 aliphatic carbocycles. The summed E-state index contributed by atoms with van der Waals surface area (Å²) in [4.78, 5) is 71.3. The van der Waals surface area contributed by atoms with Crippen LogP contribution in [0.2, 0.25) is 0 Å². The fourth-order valence-electron chi connectivity index (χ4n) is 4.96. The number of allylic oxidation sites excluding steroid dienone is 3. The monoisotopic (exact) mass is 663 g/mol. The number of hydrogen-bond donors (Lipinski definition) is 3. The predicted octanol–water partition coefficient (Wildman–Crippen LogP) is 3.63. The average molecular weight is 664 g/mol. The predicted molar refractivity (Wildman–Crippen MR) is 155 cm³/mol. The third-order valence-electron chi connectivity index (χ3n) is 7.32. The molecule has 0 spiro atoms. The summed E-state index contributed by atoms with van der Waals surface area (Å²) in [5.74, 6) is -8.81. The molecule has 0 saturated carbocycles. The largest absolute Gasteiger partial charge is 0.432 e. The van der Waals surface area contributed by atoms with Crippen LogP contribution in [0.25, 0.3) is 22.9 Å². The number of hydrogen-bond acceptors (Lipinski definition) is 11. The van der Waals surface area contributed by atoms with Gasteiger partial charge in [-0.2, -0.15) is 0 Å². The van der Waals surface area contributed by atoms with Crippen LogP contribution in [0.1, 0.15) is 54.9 Å². The number of nitrogens with one attached hydrogen (secondary N) is 2. The van der Waals surface area contributed by atoms with Crippen LogP contribution in [-0.2, 0) is 4.79 Å². The van der Waals surface area contributed by atoms with Crippen molar-refractivity contribution in [2.75, 3.05) is 13.1 Å². The molecule has 0 radical (unpaired) electrons. The Labute approximate surface area is 266 Å². The first-order chi connectivity index (χ1) is 22.9. The quantitative estimate of drug-likeness (QED) is 0.166. The number of oxazole rings is 2. The van der Waals surface area contributed by atoms with E-state index in [0.717, 1.165) is 48.6 Å². The van der Waals surface area contributed by atoms with E-state index in [2.05, 4.69) is 20.6 Å². The molecule has 12 nitrogen and oxygen atoms in total. The molecule has 4 N–H and O–H groups in total. The van der Waals surface area contributed by atoms with Crippen molar-refractivity contribution in [2.24, 2.45) is 5.73 Å². The standard InChI is InChI=1S/C32H21F4N5O7/c33-13-2-4-18(35)15(8-13)31-40-25-22(42)10-17(27(45)29(25)47-31)20(37)11-24(44)39-7-1-6-38-21-12-23(43)26-30(28(21)46)48-32(41-26)16-9-14(34)3-5-19(16)36/h2-5,8-10,12,20,38H,1,6-7,11,37H2,(H,39,44). The highest BCUT2D eigenvalue weighted by Crippen LogP contribution is 2.31. The maximum atomic E-state index is 14.2. The lowest BCUT2D eigenvalue weighted by molar-refractivity contribution is -0.121. The van der Waals surface area contributed by atoms with Gasteiger partial charge in [-0.1, -0.05) is 0 Å². The molecular formula is C32H21F4N5O7. The van der Waals surface area contributed by atoms with E-state index < -0.39 is 99.3 Å². The van der Waals surface area contributed by atoms with Crippen molar-refractivity contribution in [1.82, 2.24) is 20.6 Å². The van der Waals surface area contributed by atoms with E-state index in [1.54, 1.807) is 0 Å².